The number of anilines is 2. The number of amides is 1. The molecule has 0 aliphatic heterocycles. The van der Waals surface area contributed by atoms with Crippen LogP contribution in [0.3, 0.4) is 0 Å². The summed E-state index contributed by atoms with van der Waals surface area (Å²) in [6.07, 6.45) is 0. The number of nitrogens with one attached hydrogen (secondary N) is 1. The number of nitrogen functional groups attached to an aromatic ring is 1. The van der Waals surface area contributed by atoms with Gasteiger partial charge in [0.15, 0.2) is 0 Å². The molecule has 0 aliphatic rings. The van der Waals surface area contributed by atoms with Crippen LogP contribution >= 0.6 is 22.9 Å². The summed E-state index contributed by atoms with van der Waals surface area (Å²) in [5.41, 5.74) is 6.79. The van der Waals surface area contributed by atoms with Crippen molar-refractivity contribution in [3.63, 3.8) is 0 Å². The molecule has 6 nitrogen and oxygen atoms in total. The van der Waals surface area contributed by atoms with Gasteiger partial charge >= 0.3 is 0 Å². The van der Waals surface area contributed by atoms with Crippen LogP contribution in [-0.2, 0) is 0 Å². The van der Waals surface area contributed by atoms with Crippen LogP contribution in [0, 0.1) is 0 Å². The van der Waals surface area contributed by atoms with E-state index in [1.54, 1.807) is 35.7 Å². The Labute approximate surface area is 140 Å². The third-order valence-electron chi connectivity index (χ3n) is 2.81. The second kappa shape index (κ2) is 6.64. The monoisotopic (exact) mass is 346 g/mol. The Bertz CT molecular complexity index is 802. The highest BCUT2D eigenvalue weighted by atomic mass is 35.5. The molecule has 0 spiro atoms. The average Bonchev–Trinajstić information content (AvgIpc) is 3.02. The van der Waals surface area contributed by atoms with Crippen molar-refractivity contribution in [3.05, 3.63) is 57.9 Å². The van der Waals surface area contributed by atoms with Crippen molar-refractivity contribution in [1.29, 1.82) is 0 Å². The van der Waals surface area contributed by atoms with E-state index in [2.05, 4.69) is 15.3 Å². The van der Waals surface area contributed by atoms with Gasteiger partial charge in [0, 0.05) is 17.1 Å². The highest BCUT2D eigenvalue weighted by Crippen LogP contribution is 2.24. The van der Waals surface area contributed by atoms with Crippen LogP contribution in [0.15, 0.2) is 47.2 Å². The normalized spacial score (nSPS) is 10.3. The molecule has 3 N–H and O–H groups in total. The Balaban J connectivity index is 1.68. The van der Waals surface area contributed by atoms with Gasteiger partial charge < -0.3 is 15.8 Å². The van der Waals surface area contributed by atoms with Crippen molar-refractivity contribution < 1.29 is 9.53 Å². The average molecular weight is 347 g/mol. The van der Waals surface area contributed by atoms with Crippen LogP contribution in [-0.4, -0.2) is 15.9 Å². The van der Waals surface area contributed by atoms with E-state index in [0.717, 1.165) is 0 Å². The molecule has 2 aromatic heterocycles. The molecule has 8 heteroatoms. The summed E-state index contributed by atoms with van der Waals surface area (Å²) in [7, 11) is 0. The zero-order valence-electron chi connectivity index (χ0n) is 11.7. The maximum absolute atomic E-state index is 11.9. The van der Waals surface area contributed by atoms with Gasteiger partial charge in [0.05, 0.1) is 5.56 Å². The van der Waals surface area contributed by atoms with E-state index in [1.807, 2.05) is 5.38 Å². The number of aromatic nitrogens is 2. The van der Waals surface area contributed by atoms with E-state index >= 15 is 0 Å². The lowest BCUT2D eigenvalue weighted by molar-refractivity contribution is 0.102. The highest BCUT2D eigenvalue weighted by molar-refractivity contribution is 7.08. The van der Waals surface area contributed by atoms with E-state index in [9.17, 15) is 4.79 Å². The molecule has 0 atom stereocenters. The molecule has 1 aromatic carbocycles. The number of hydrogen-bond acceptors (Lipinski definition) is 6. The first-order chi connectivity index (χ1) is 11.1. The van der Waals surface area contributed by atoms with Gasteiger partial charge in [-0.2, -0.15) is 16.3 Å². The minimum Gasteiger partial charge on any atom is -0.439 e. The van der Waals surface area contributed by atoms with E-state index in [4.69, 9.17) is 22.1 Å². The molecule has 0 radical (unpaired) electrons. The molecule has 0 unspecified atom stereocenters. The Morgan fingerprint density at radius 2 is 2.00 bits per heavy atom. The third-order valence-corrected chi connectivity index (χ3v) is 3.68. The number of rotatable bonds is 4. The Kier molecular flexibility index (Phi) is 4.40. The summed E-state index contributed by atoms with van der Waals surface area (Å²) in [5, 5.41) is 6.64. The fraction of sp³-hybridized carbons (Fsp3) is 0. The summed E-state index contributed by atoms with van der Waals surface area (Å²) in [6, 6.07) is 10.1. The molecule has 0 aliphatic carbocycles. The van der Waals surface area contributed by atoms with Crippen molar-refractivity contribution in [2.45, 2.75) is 0 Å². The molecule has 23 heavy (non-hydrogen) atoms. The van der Waals surface area contributed by atoms with E-state index in [1.165, 1.54) is 17.4 Å². The number of halogens is 1. The SMILES string of the molecule is Nc1nc(Cl)cc(Oc2ccc(NC(=O)c3ccsc3)cc2)n1. The van der Waals surface area contributed by atoms with Gasteiger partial charge in [0.25, 0.3) is 5.91 Å². The first kappa shape index (κ1) is 15.3. The molecule has 116 valence electrons. The maximum Gasteiger partial charge on any atom is 0.256 e. The largest absolute Gasteiger partial charge is 0.439 e. The predicted molar refractivity (Wildman–Crippen MR) is 90.2 cm³/mol. The van der Waals surface area contributed by atoms with E-state index in [-0.39, 0.29) is 22.9 Å². The number of hydrogen-bond donors (Lipinski definition) is 2. The molecule has 1 amide bonds. The number of nitrogens with zero attached hydrogens (tertiary/aromatic N) is 2. The van der Waals surface area contributed by atoms with Crippen LogP contribution in [0.5, 0.6) is 11.6 Å². The Hall–Kier alpha value is -2.64. The minimum atomic E-state index is -0.157. The van der Waals surface area contributed by atoms with E-state index < -0.39 is 0 Å². The van der Waals surface area contributed by atoms with Crippen LogP contribution in [0.25, 0.3) is 0 Å². The lowest BCUT2D eigenvalue weighted by Gasteiger charge is -2.07. The fourth-order valence-electron chi connectivity index (χ4n) is 1.79. The lowest BCUT2D eigenvalue weighted by Crippen LogP contribution is -2.10. The van der Waals surface area contributed by atoms with Gasteiger partial charge in [-0.1, -0.05) is 11.6 Å². The van der Waals surface area contributed by atoms with Crippen molar-refractivity contribution in [2.24, 2.45) is 0 Å². The Morgan fingerprint density at radius 3 is 2.65 bits per heavy atom. The number of carbonyl (C=O) groups is 1. The topological polar surface area (TPSA) is 90.1 Å². The second-order valence-electron chi connectivity index (χ2n) is 4.48. The van der Waals surface area contributed by atoms with Crippen LogP contribution in [0.2, 0.25) is 5.15 Å². The molecular weight excluding hydrogens is 336 g/mol. The van der Waals surface area contributed by atoms with Crippen molar-refractivity contribution >= 4 is 40.5 Å². The highest BCUT2D eigenvalue weighted by Gasteiger charge is 2.07. The third kappa shape index (κ3) is 3.97. The lowest BCUT2D eigenvalue weighted by atomic mass is 10.2. The summed E-state index contributed by atoms with van der Waals surface area (Å²) in [6.45, 7) is 0. The first-order valence-electron chi connectivity index (χ1n) is 6.52. The van der Waals surface area contributed by atoms with Gasteiger partial charge in [-0.3, -0.25) is 4.79 Å². The van der Waals surface area contributed by atoms with Gasteiger partial charge in [0.1, 0.15) is 10.9 Å². The summed E-state index contributed by atoms with van der Waals surface area (Å²) in [5.74, 6) is 0.660. The first-order valence-corrected chi connectivity index (χ1v) is 7.84. The number of carbonyl (C=O) groups excluding carboxylic acids is 1. The van der Waals surface area contributed by atoms with Gasteiger partial charge in [-0.25, -0.2) is 4.98 Å². The standard InChI is InChI=1S/C15H11ClN4O2S/c16-12-7-13(20-15(17)19-12)22-11-3-1-10(2-4-11)18-14(21)9-5-6-23-8-9/h1-8H,(H,18,21)(H2,17,19,20). The van der Waals surface area contributed by atoms with Crippen LogP contribution < -0.4 is 15.8 Å². The molecular formula is C15H11ClN4O2S. The van der Waals surface area contributed by atoms with E-state index in [0.29, 0.717) is 17.0 Å². The number of ether oxygens (including phenoxy) is 1. The number of thiophene rings is 1. The molecule has 0 saturated carbocycles. The zero-order valence-corrected chi connectivity index (χ0v) is 13.3. The van der Waals surface area contributed by atoms with Crippen molar-refractivity contribution in [2.75, 3.05) is 11.1 Å². The maximum atomic E-state index is 11.9. The molecule has 0 fully saturated rings. The fourth-order valence-corrected chi connectivity index (χ4v) is 2.61. The summed E-state index contributed by atoms with van der Waals surface area (Å²) < 4.78 is 5.55. The van der Waals surface area contributed by atoms with Gasteiger partial charge in [-0.15, -0.1) is 0 Å². The molecule has 2 heterocycles. The summed E-state index contributed by atoms with van der Waals surface area (Å²) >= 11 is 7.26. The van der Waals surface area contributed by atoms with Crippen LogP contribution in [0.1, 0.15) is 10.4 Å². The van der Waals surface area contributed by atoms with Gasteiger partial charge in [-0.05, 0) is 35.7 Å². The quantitative estimate of drug-likeness (QED) is 0.701. The minimum absolute atomic E-state index is 0.0344. The number of nitrogens with two attached hydrogens (primary N) is 1. The smallest absolute Gasteiger partial charge is 0.256 e. The molecule has 3 aromatic rings. The Morgan fingerprint density at radius 1 is 1.22 bits per heavy atom. The zero-order chi connectivity index (χ0) is 16.2. The van der Waals surface area contributed by atoms with Crippen molar-refractivity contribution in [1.82, 2.24) is 9.97 Å². The number of benzene rings is 1. The summed E-state index contributed by atoms with van der Waals surface area (Å²) in [4.78, 5) is 19.6. The predicted octanol–water partition coefficient (Wildman–Crippen LogP) is 3.82. The van der Waals surface area contributed by atoms with Gasteiger partial charge in [0.2, 0.25) is 11.8 Å². The molecule has 3 rings (SSSR count). The molecule has 0 saturated heterocycles. The second-order valence-corrected chi connectivity index (χ2v) is 5.65. The molecule has 0 bridgehead atoms. The van der Waals surface area contributed by atoms with Crippen LogP contribution in [0.4, 0.5) is 11.6 Å². The van der Waals surface area contributed by atoms with Crippen molar-refractivity contribution in [3.8, 4) is 11.6 Å².